The standard InChI is InChI=1S/C23H31N5O3/c1-5-16-18(30-3)12-15(13-19(16)31-4)21-20(22(24)29)23-25-9-6-17(28(23)26-21)14-7-10-27(2)11-8-14/h5,12-14,17,25H,1,6-11H2,2-4H3,(H2,24,29). The van der Waals surface area contributed by atoms with E-state index in [0.717, 1.165) is 50.0 Å². The molecule has 2 aromatic rings. The minimum Gasteiger partial charge on any atom is -0.496 e. The van der Waals surface area contributed by atoms with Gasteiger partial charge in [-0.05, 0) is 57.5 Å². The third-order valence-electron chi connectivity index (χ3n) is 6.53. The number of nitrogens with zero attached hydrogens (tertiary/aromatic N) is 3. The Morgan fingerprint density at radius 2 is 1.87 bits per heavy atom. The van der Waals surface area contributed by atoms with Gasteiger partial charge in [0.2, 0.25) is 0 Å². The van der Waals surface area contributed by atoms with Crippen LogP contribution in [0.3, 0.4) is 0 Å². The van der Waals surface area contributed by atoms with E-state index in [-0.39, 0.29) is 6.04 Å². The molecule has 31 heavy (non-hydrogen) atoms. The van der Waals surface area contributed by atoms with Crippen molar-refractivity contribution < 1.29 is 14.3 Å². The molecule has 0 bridgehead atoms. The highest BCUT2D eigenvalue weighted by molar-refractivity contribution is 6.04. The second kappa shape index (κ2) is 8.63. The van der Waals surface area contributed by atoms with Crippen LogP contribution in [0.25, 0.3) is 17.3 Å². The Kier molecular flexibility index (Phi) is 5.91. The molecular formula is C23H31N5O3. The van der Waals surface area contributed by atoms with Crippen LogP contribution in [-0.2, 0) is 0 Å². The van der Waals surface area contributed by atoms with Crippen LogP contribution in [0, 0.1) is 5.92 Å². The summed E-state index contributed by atoms with van der Waals surface area (Å²) in [6, 6.07) is 3.95. The van der Waals surface area contributed by atoms with Gasteiger partial charge < -0.3 is 25.4 Å². The molecule has 0 spiro atoms. The van der Waals surface area contributed by atoms with E-state index < -0.39 is 5.91 Å². The van der Waals surface area contributed by atoms with Crippen molar-refractivity contribution >= 4 is 17.8 Å². The molecule has 8 nitrogen and oxygen atoms in total. The molecule has 1 aromatic carbocycles. The number of carbonyl (C=O) groups is 1. The van der Waals surface area contributed by atoms with Crippen molar-refractivity contribution in [2.24, 2.45) is 11.7 Å². The number of piperidine rings is 1. The zero-order valence-electron chi connectivity index (χ0n) is 18.5. The summed E-state index contributed by atoms with van der Waals surface area (Å²) < 4.78 is 13.1. The summed E-state index contributed by atoms with van der Waals surface area (Å²) in [5.41, 5.74) is 8.27. The van der Waals surface area contributed by atoms with Gasteiger partial charge in [-0.25, -0.2) is 4.68 Å². The van der Waals surface area contributed by atoms with Gasteiger partial charge in [0.25, 0.3) is 5.91 Å². The topological polar surface area (TPSA) is 94.6 Å². The first-order valence-electron chi connectivity index (χ1n) is 10.7. The van der Waals surface area contributed by atoms with Gasteiger partial charge in [0, 0.05) is 12.1 Å². The number of benzene rings is 1. The fourth-order valence-corrected chi connectivity index (χ4v) is 4.87. The van der Waals surface area contributed by atoms with Crippen LogP contribution < -0.4 is 20.5 Å². The van der Waals surface area contributed by atoms with E-state index in [9.17, 15) is 4.79 Å². The van der Waals surface area contributed by atoms with Gasteiger partial charge in [-0.2, -0.15) is 5.10 Å². The third kappa shape index (κ3) is 3.76. The van der Waals surface area contributed by atoms with Crippen molar-refractivity contribution in [1.29, 1.82) is 0 Å². The van der Waals surface area contributed by atoms with E-state index in [1.807, 2.05) is 16.8 Å². The number of nitrogens with two attached hydrogens (primary N) is 1. The molecule has 0 aliphatic carbocycles. The molecule has 1 unspecified atom stereocenters. The number of hydrogen-bond donors (Lipinski definition) is 2. The molecule has 1 atom stereocenters. The number of methoxy groups -OCH3 is 2. The van der Waals surface area contributed by atoms with Crippen molar-refractivity contribution in [1.82, 2.24) is 14.7 Å². The van der Waals surface area contributed by atoms with Gasteiger partial charge in [0.05, 0.1) is 25.8 Å². The Balaban J connectivity index is 1.83. The quantitative estimate of drug-likeness (QED) is 0.739. The number of amides is 1. The van der Waals surface area contributed by atoms with Gasteiger partial charge in [0.15, 0.2) is 0 Å². The first kappa shape index (κ1) is 21.2. The molecule has 1 saturated heterocycles. The summed E-state index contributed by atoms with van der Waals surface area (Å²) in [4.78, 5) is 14.9. The van der Waals surface area contributed by atoms with Crippen molar-refractivity contribution in [3.05, 3.63) is 29.8 Å². The van der Waals surface area contributed by atoms with E-state index >= 15 is 0 Å². The Hall–Kier alpha value is -3.00. The Morgan fingerprint density at radius 3 is 2.42 bits per heavy atom. The SMILES string of the molecule is C=Cc1c(OC)cc(-c2nn3c(c2C(N)=O)NCCC3C2CCN(C)CC2)cc1OC. The molecular weight excluding hydrogens is 394 g/mol. The van der Waals surface area contributed by atoms with Crippen molar-refractivity contribution in [2.45, 2.75) is 25.3 Å². The van der Waals surface area contributed by atoms with E-state index in [0.29, 0.717) is 34.5 Å². The largest absolute Gasteiger partial charge is 0.496 e. The molecule has 166 valence electrons. The lowest BCUT2D eigenvalue weighted by Crippen LogP contribution is -2.37. The monoisotopic (exact) mass is 425 g/mol. The molecule has 2 aliphatic heterocycles. The number of aromatic nitrogens is 2. The van der Waals surface area contributed by atoms with Gasteiger partial charge in [-0.1, -0.05) is 12.7 Å². The fraction of sp³-hybridized carbons (Fsp3) is 0.478. The van der Waals surface area contributed by atoms with Crippen LogP contribution in [0.5, 0.6) is 11.5 Å². The Labute approximate surface area is 183 Å². The molecule has 2 aliphatic rings. The lowest BCUT2D eigenvalue weighted by atomic mass is 9.87. The highest BCUT2D eigenvalue weighted by atomic mass is 16.5. The smallest absolute Gasteiger partial charge is 0.254 e. The predicted molar refractivity (Wildman–Crippen MR) is 122 cm³/mol. The molecule has 1 aromatic heterocycles. The van der Waals surface area contributed by atoms with E-state index in [1.54, 1.807) is 20.3 Å². The maximum absolute atomic E-state index is 12.5. The number of primary amides is 1. The number of rotatable bonds is 6. The first-order chi connectivity index (χ1) is 15.0. The minimum absolute atomic E-state index is 0.244. The van der Waals surface area contributed by atoms with Crippen molar-refractivity contribution in [2.75, 3.05) is 46.2 Å². The van der Waals surface area contributed by atoms with Crippen molar-refractivity contribution in [3.8, 4) is 22.8 Å². The number of hydrogen-bond acceptors (Lipinski definition) is 6. The lowest BCUT2D eigenvalue weighted by molar-refractivity contribution is 0.100. The Bertz CT molecular complexity index is 966. The number of fused-ring (bicyclic) bond motifs is 1. The van der Waals surface area contributed by atoms with Crippen LogP contribution in [0.2, 0.25) is 0 Å². The summed E-state index contributed by atoms with van der Waals surface area (Å²) in [7, 11) is 5.35. The number of ether oxygens (including phenoxy) is 2. The minimum atomic E-state index is -0.501. The first-order valence-corrected chi connectivity index (χ1v) is 10.7. The molecule has 8 heteroatoms. The predicted octanol–water partition coefficient (Wildman–Crippen LogP) is 3.01. The van der Waals surface area contributed by atoms with Crippen LogP contribution in [0.4, 0.5) is 5.82 Å². The third-order valence-corrected chi connectivity index (χ3v) is 6.53. The average Bonchev–Trinajstić information content (AvgIpc) is 3.18. The molecule has 1 amide bonds. The molecule has 4 rings (SSSR count). The molecule has 3 N–H and O–H groups in total. The normalized spacial score (nSPS) is 19.4. The fourth-order valence-electron chi connectivity index (χ4n) is 4.87. The Morgan fingerprint density at radius 1 is 1.23 bits per heavy atom. The highest BCUT2D eigenvalue weighted by Gasteiger charge is 2.35. The van der Waals surface area contributed by atoms with Crippen LogP contribution in [-0.4, -0.2) is 61.5 Å². The number of nitrogens with one attached hydrogen (secondary N) is 1. The second-order valence-electron chi connectivity index (χ2n) is 8.30. The van der Waals surface area contributed by atoms with E-state index in [1.165, 1.54) is 0 Å². The summed E-state index contributed by atoms with van der Waals surface area (Å²) in [6.07, 6.45) is 4.91. The molecule has 1 fully saturated rings. The second-order valence-corrected chi connectivity index (χ2v) is 8.30. The molecule has 3 heterocycles. The van der Waals surface area contributed by atoms with Gasteiger partial charge >= 0.3 is 0 Å². The van der Waals surface area contributed by atoms with Gasteiger partial charge in [-0.3, -0.25) is 4.79 Å². The van der Waals surface area contributed by atoms with E-state index in [4.69, 9.17) is 20.3 Å². The number of anilines is 1. The van der Waals surface area contributed by atoms with Gasteiger partial charge in [-0.15, -0.1) is 0 Å². The maximum Gasteiger partial charge on any atom is 0.254 e. The summed E-state index contributed by atoms with van der Waals surface area (Å²) in [5.74, 6) is 1.94. The number of carbonyl (C=O) groups excluding carboxylic acids is 1. The van der Waals surface area contributed by atoms with Crippen LogP contribution >= 0.6 is 0 Å². The lowest BCUT2D eigenvalue weighted by Gasteiger charge is -2.37. The summed E-state index contributed by atoms with van der Waals surface area (Å²) >= 11 is 0. The summed E-state index contributed by atoms with van der Waals surface area (Å²) in [5, 5.41) is 8.30. The van der Waals surface area contributed by atoms with Gasteiger partial charge in [0.1, 0.15) is 28.6 Å². The number of likely N-dealkylation sites (tertiary alicyclic amines) is 1. The maximum atomic E-state index is 12.5. The van der Waals surface area contributed by atoms with E-state index in [2.05, 4.69) is 23.8 Å². The average molecular weight is 426 g/mol. The zero-order chi connectivity index (χ0) is 22.1. The molecule has 0 saturated carbocycles. The highest BCUT2D eigenvalue weighted by Crippen LogP contribution is 2.42. The van der Waals surface area contributed by atoms with Crippen LogP contribution in [0.15, 0.2) is 18.7 Å². The summed E-state index contributed by atoms with van der Waals surface area (Å²) in [6.45, 7) is 6.81. The van der Waals surface area contributed by atoms with Crippen molar-refractivity contribution in [3.63, 3.8) is 0 Å². The zero-order valence-corrected chi connectivity index (χ0v) is 18.5. The molecule has 0 radical (unpaired) electrons. The van der Waals surface area contributed by atoms with Crippen LogP contribution in [0.1, 0.15) is 41.2 Å².